The number of hydrogen-bond acceptors (Lipinski definition) is 3. The van der Waals surface area contributed by atoms with Crippen molar-refractivity contribution in [2.24, 2.45) is 0 Å². The Balaban J connectivity index is 2.04. The molecule has 2 aromatic rings. The van der Waals surface area contributed by atoms with Gasteiger partial charge in [0.2, 0.25) is 0 Å². The van der Waals surface area contributed by atoms with E-state index in [2.05, 4.69) is 29.8 Å². The van der Waals surface area contributed by atoms with Crippen LogP contribution in [-0.2, 0) is 4.79 Å². The van der Waals surface area contributed by atoms with E-state index in [4.69, 9.17) is 9.15 Å². The van der Waals surface area contributed by atoms with Crippen LogP contribution in [0.25, 0.3) is 6.08 Å². The summed E-state index contributed by atoms with van der Waals surface area (Å²) in [6, 6.07) is 9.22. The Labute approximate surface area is 126 Å². The first kappa shape index (κ1) is 14.6. The Bertz CT molecular complexity index is 613. The molecule has 1 aromatic carbocycles. The molecule has 4 heteroatoms. The monoisotopic (exact) mass is 334 g/mol. The van der Waals surface area contributed by atoms with E-state index in [-0.39, 0.29) is 0 Å². The van der Waals surface area contributed by atoms with Gasteiger partial charge in [0.15, 0.2) is 0 Å². The van der Waals surface area contributed by atoms with Gasteiger partial charge in [-0.3, -0.25) is 0 Å². The first-order valence-corrected chi connectivity index (χ1v) is 7.08. The SMILES string of the molecule is CC(C)c1ccc(OC(=O)/C=C/c2ccco2)c(Br)c1. The molecule has 0 aliphatic rings. The largest absolute Gasteiger partial charge is 0.465 e. The fourth-order valence-corrected chi connectivity index (χ4v) is 2.12. The number of carbonyl (C=O) groups excluding carboxylic acids is 1. The summed E-state index contributed by atoms with van der Waals surface area (Å²) in [5.74, 6) is 1.09. The van der Waals surface area contributed by atoms with E-state index in [1.807, 2.05) is 12.1 Å². The molecule has 0 aliphatic carbocycles. The fraction of sp³-hybridized carbons (Fsp3) is 0.188. The molecule has 0 N–H and O–H groups in total. The van der Waals surface area contributed by atoms with Crippen LogP contribution in [0, 0.1) is 0 Å². The quantitative estimate of drug-likeness (QED) is 0.458. The number of halogens is 1. The van der Waals surface area contributed by atoms with E-state index in [1.54, 1.807) is 30.5 Å². The van der Waals surface area contributed by atoms with Crippen LogP contribution in [0.1, 0.15) is 31.1 Å². The summed E-state index contributed by atoms with van der Waals surface area (Å²) in [5, 5.41) is 0. The van der Waals surface area contributed by atoms with Crippen LogP contribution in [0.2, 0.25) is 0 Å². The fourth-order valence-electron chi connectivity index (χ4n) is 1.64. The second-order valence-electron chi connectivity index (χ2n) is 4.61. The lowest BCUT2D eigenvalue weighted by Crippen LogP contribution is -2.04. The number of carbonyl (C=O) groups is 1. The minimum Gasteiger partial charge on any atom is -0.465 e. The highest BCUT2D eigenvalue weighted by atomic mass is 79.9. The minimum atomic E-state index is -0.445. The van der Waals surface area contributed by atoms with Crippen LogP contribution in [0.3, 0.4) is 0 Å². The van der Waals surface area contributed by atoms with Crippen molar-refractivity contribution in [2.75, 3.05) is 0 Å². The van der Waals surface area contributed by atoms with Crippen LogP contribution in [0.15, 0.2) is 51.6 Å². The summed E-state index contributed by atoms with van der Waals surface area (Å²) in [6.45, 7) is 4.22. The van der Waals surface area contributed by atoms with Crippen molar-refractivity contribution >= 4 is 28.0 Å². The second kappa shape index (κ2) is 6.57. The van der Waals surface area contributed by atoms with Gasteiger partial charge >= 0.3 is 5.97 Å². The minimum absolute atomic E-state index is 0.426. The average Bonchev–Trinajstić information content (AvgIpc) is 2.91. The van der Waals surface area contributed by atoms with Crippen molar-refractivity contribution < 1.29 is 13.9 Å². The predicted octanol–water partition coefficient (Wildman–Crippen LogP) is 4.78. The molecular weight excluding hydrogens is 320 g/mol. The van der Waals surface area contributed by atoms with Gasteiger partial charge in [0.1, 0.15) is 11.5 Å². The molecule has 1 aromatic heterocycles. The molecule has 2 rings (SSSR count). The third kappa shape index (κ3) is 3.84. The van der Waals surface area contributed by atoms with E-state index < -0.39 is 5.97 Å². The van der Waals surface area contributed by atoms with Crippen LogP contribution < -0.4 is 4.74 Å². The van der Waals surface area contributed by atoms with E-state index >= 15 is 0 Å². The number of furan rings is 1. The Morgan fingerprint density at radius 3 is 2.75 bits per heavy atom. The molecule has 1 heterocycles. The van der Waals surface area contributed by atoms with Crippen LogP contribution >= 0.6 is 15.9 Å². The molecule has 20 heavy (non-hydrogen) atoms. The van der Waals surface area contributed by atoms with Crippen molar-refractivity contribution in [1.82, 2.24) is 0 Å². The Hall–Kier alpha value is -1.81. The zero-order valence-corrected chi connectivity index (χ0v) is 12.9. The number of hydrogen-bond donors (Lipinski definition) is 0. The zero-order valence-electron chi connectivity index (χ0n) is 11.3. The zero-order chi connectivity index (χ0) is 14.5. The Kier molecular flexibility index (Phi) is 4.79. The van der Waals surface area contributed by atoms with E-state index in [0.717, 1.165) is 4.47 Å². The molecule has 0 saturated carbocycles. The van der Waals surface area contributed by atoms with Gasteiger partial charge in [0.05, 0.1) is 10.7 Å². The molecule has 104 valence electrons. The number of rotatable bonds is 4. The molecule has 0 radical (unpaired) electrons. The molecule has 0 unspecified atom stereocenters. The number of ether oxygens (including phenoxy) is 1. The first-order valence-electron chi connectivity index (χ1n) is 6.29. The summed E-state index contributed by atoms with van der Waals surface area (Å²) in [6.07, 6.45) is 4.45. The summed E-state index contributed by atoms with van der Waals surface area (Å²) in [4.78, 5) is 11.7. The van der Waals surface area contributed by atoms with Gasteiger partial charge in [-0.05, 0) is 57.8 Å². The first-order chi connectivity index (χ1) is 9.56. The molecule has 0 atom stereocenters. The van der Waals surface area contributed by atoms with Gasteiger partial charge in [-0.1, -0.05) is 19.9 Å². The van der Waals surface area contributed by atoms with Crippen molar-refractivity contribution in [3.63, 3.8) is 0 Å². The van der Waals surface area contributed by atoms with Gasteiger partial charge in [0, 0.05) is 6.08 Å². The van der Waals surface area contributed by atoms with Gasteiger partial charge in [-0.15, -0.1) is 0 Å². The van der Waals surface area contributed by atoms with E-state index in [1.165, 1.54) is 11.6 Å². The molecule has 0 amide bonds. The normalized spacial score (nSPS) is 11.2. The highest BCUT2D eigenvalue weighted by Gasteiger charge is 2.08. The highest BCUT2D eigenvalue weighted by molar-refractivity contribution is 9.10. The highest BCUT2D eigenvalue weighted by Crippen LogP contribution is 2.29. The lowest BCUT2D eigenvalue weighted by molar-refractivity contribution is -0.128. The maximum Gasteiger partial charge on any atom is 0.336 e. The van der Waals surface area contributed by atoms with Gasteiger partial charge in [0.25, 0.3) is 0 Å². The predicted molar refractivity (Wildman–Crippen MR) is 81.6 cm³/mol. The van der Waals surface area contributed by atoms with Crippen molar-refractivity contribution in [3.05, 3.63) is 58.5 Å². The molecule has 3 nitrogen and oxygen atoms in total. The average molecular weight is 335 g/mol. The van der Waals surface area contributed by atoms with Crippen molar-refractivity contribution in [2.45, 2.75) is 19.8 Å². The molecule has 0 fully saturated rings. The third-order valence-corrected chi connectivity index (χ3v) is 3.38. The van der Waals surface area contributed by atoms with Crippen LogP contribution in [0.5, 0.6) is 5.75 Å². The summed E-state index contributed by atoms with van der Waals surface area (Å²) in [7, 11) is 0. The van der Waals surface area contributed by atoms with E-state index in [9.17, 15) is 4.79 Å². The van der Waals surface area contributed by atoms with Gasteiger partial charge in [-0.25, -0.2) is 4.79 Å². The molecule has 0 aliphatic heterocycles. The topological polar surface area (TPSA) is 39.4 Å². The smallest absolute Gasteiger partial charge is 0.336 e. The number of esters is 1. The molecule has 0 saturated heterocycles. The molecule has 0 spiro atoms. The molecular formula is C16H15BrO3. The van der Waals surface area contributed by atoms with Gasteiger partial charge < -0.3 is 9.15 Å². The second-order valence-corrected chi connectivity index (χ2v) is 5.47. The summed E-state index contributed by atoms with van der Waals surface area (Å²) in [5.41, 5.74) is 1.18. The lowest BCUT2D eigenvalue weighted by Gasteiger charge is -2.09. The Morgan fingerprint density at radius 2 is 2.15 bits per heavy atom. The Morgan fingerprint density at radius 1 is 1.35 bits per heavy atom. The summed E-state index contributed by atoms with van der Waals surface area (Å²) < 4.78 is 11.1. The van der Waals surface area contributed by atoms with Crippen LogP contribution in [0.4, 0.5) is 0 Å². The van der Waals surface area contributed by atoms with Crippen molar-refractivity contribution in [1.29, 1.82) is 0 Å². The number of benzene rings is 1. The van der Waals surface area contributed by atoms with Crippen LogP contribution in [-0.4, -0.2) is 5.97 Å². The standard InChI is InChI=1S/C16H15BrO3/c1-11(2)12-5-7-15(14(17)10-12)20-16(18)8-6-13-4-3-9-19-13/h3-11H,1-2H3/b8-6+. The van der Waals surface area contributed by atoms with Crippen molar-refractivity contribution in [3.8, 4) is 5.75 Å². The third-order valence-electron chi connectivity index (χ3n) is 2.76. The van der Waals surface area contributed by atoms with Gasteiger partial charge in [-0.2, -0.15) is 0 Å². The summed E-state index contributed by atoms with van der Waals surface area (Å²) >= 11 is 3.41. The molecule has 0 bridgehead atoms. The maximum absolute atomic E-state index is 11.7. The maximum atomic E-state index is 11.7. The van der Waals surface area contributed by atoms with E-state index in [0.29, 0.717) is 17.4 Å². The lowest BCUT2D eigenvalue weighted by atomic mass is 10.0.